The van der Waals surface area contributed by atoms with Crippen molar-refractivity contribution in [3.8, 4) is 0 Å². The molecule has 0 aromatic heterocycles. The highest BCUT2D eigenvalue weighted by Crippen LogP contribution is 2.26. The molecule has 104 valence electrons. The molecule has 1 heterocycles. The predicted octanol–water partition coefficient (Wildman–Crippen LogP) is 3.27. The van der Waals surface area contributed by atoms with E-state index >= 15 is 0 Å². The van der Waals surface area contributed by atoms with Gasteiger partial charge in [0.1, 0.15) is 5.82 Å². The molecule has 0 spiro atoms. The second-order valence-corrected chi connectivity index (χ2v) is 5.96. The zero-order valence-corrected chi connectivity index (χ0v) is 12.4. The highest BCUT2D eigenvalue weighted by molar-refractivity contribution is 9.10. The standard InChI is InChI=1S/C14H17BrFNO2/c1-9-5-6-11(14(18)19)8-17(9)7-10-3-2-4-12(15)13(10)16/h2-4,9,11H,5-8H2,1H3,(H,18,19). The molecule has 5 heteroatoms. The van der Waals surface area contributed by atoms with E-state index in [1.807, 2.05) is 4.90 Å². The molecule has 1 aliphatic heterocycles. The van der Waals surface area contributed by atoms with E-state index < -0.39 is 5.97 Å². The van der Waals surface area contributed by atoms with E-state index in [1.54, 1.807) is 18.2 Å². The predicted molar refractivity (Wildman–Crippen MR) is 74.3 cm³/mol. The number of piperidine rings is 1. The fraction of sp³-hybridized carbons (Fsp3) is 0.500. The third-order valence-electron chi connectivity index (χ3n) is 3.77. The van der Waals surface area contributed by atoms with Gasteiger partial charge in [-0.25, -0.2) is 4.39 Å². The van der Waals surface area contributed by atoms with E-state index in [0.29, 0.717) is 29.5 Å². The van der Waals surface area contributed by atoms with Gasteiger partial charge in [0.05, 0.1) is 10.4 Å². The topological polar surface area (TPSA) is 40.5 Å². The fourth-order valence-corrected chi connectivity index (χ4v) is 2.90. The Bertz CT molecular complexity index is 481. The number of carboxylic acids is 1. The number of carbonyl (C=O) groups is 1. The van der Waals surface area contributed by atoms with Gasteiger partial charge in [-0.2, -0.15) is 0 Å². The Morgan fingerprint density at radius 3 is 2.95 bits per heavy atom. The van der Waals surface area contributed by atoms with Gasteiger partial charge in [-0.3, -0.25) is 9.69 Å². The van der Waals surface area contributed by atoms with Crippen molar-refractivity contribution in [3.05, 3.63) is 34.1 Å². The van der Waals surface area contributed by atoms with E-state index in [1.165, 1.54) is 0 Å². The summed E-state index contributed by atoms with van der Waals surface area (Å²) in [7, 11) is 0. The lowest BCUT2D eigenvalue weighted by Gasteiger charge is -2.36. The summed E-state index contributed by atoms with van der Waals surface area (Å²) in [5, 5.41) is 9.10. The van der Waals surface area contributed by atoms with Crippen molar-refractivity contribution in [1.29, 1.82) is 0 Å². The Kier molecular flexibility index (Phi) is 4.58. The third kappa shape index (κ3) is 3.34. The molecule has 1 fully saturated rings. The molecule has 1 aromatic carbocycles. The number of rotatable bonds is 3. The summed E-state index contributed by atoms with van der Waals surface area (Å²) in [6.45, 7) is 3.01. The zero-order valence-electron chi connectivity index (χ0n) is 10.8. The van der Waals surface area contributed by atoms with E-state index in [-0.39, 0.29) is 17.8 Å². The molecule has 1 N–H and O–H groups in total. The van der Waals surface area contributed by atoms with Crippen molar-refractivity contribution in [3.63, 3.8) is 0 Å². The first kappa shape index (κ1) is 14.5. The minimum absolute atomic E-state index is 0.257. The van der Waals surface area contributed by atoms with Crippen LogP contribution in [0, 0.1) is 11.7 Å². The average molecular weight is 330 g/mol. The first-order valence-corrected chi connectivity index (χ1v) is 7.18. The van der Waals surface area contributed by atoms with Gasteiger partial charge in [0.25, 0.3) is 0 Å². The highest BCUT2D eigenvalue weighted by Gasteiger charge is 2.30. The summed E-state index contributed by atoms with van der Waals surface area (Å²) in [5.74, 6) is -1.36. The summed E-state index contributed by atoms with van der Waals surface area (Å²) in [4.78, 5) is 13.1. The molecule has 2 atom stereocenters. The van der Waals surface area contributed by atoms with E-state index in [2.05, 4.69) is 22.9 Å². The summed E-state index contributed by atoms with van der Waals surface area (Å²) >= 11 is 3.17. The Morgan fingerprint density at radius 2 is 2.26 bits per heavy atom. The van der Waals surface area contributed by atoms with Crippen LogP contribution in [0.4, 0.5) is 4.39 Å². The van der Waals surface area contributed by atoms with Crippen LogP contribution in [-0.4, -0.2) is 28.6 Å². The summed E-state index contributed by atoms with van der Waals surface area (Å²) in [6, 6.07) is 5.50. The third-order valence-corrected chi connectivity index (χ3v) is 4.38. The van der Waals surface area contributed by atoms with Crippen LogP contribution in [0.5, 0.6) is 0 Å². The van der Waals surface area contributed by atoms with Crippen molar-refractivity contribution in [1.82, 2.24) is 4.90 Å². The van der Waals surface area contributed by atoms with Gasteiger partial charge in [-0.15, -0.1) is 0 Å². The fourth-order valence-electron chi connectivity index (χ4n) is 2.49. The van der Waals surface area contributed by atoms with Gasteiger partial charge in [0.2, 0.25) is 0 Å². The molecular weight excluding hydrogens is 313 g/mol. The Balaban J connectivity index is 2.12. The minimum Gasteiger partial charge on any atom is -0.481 e. The second kappa shape index (κ2) is 6.01. The zero-order chi connectivity index (χ0) is 14.0. The molecule has 19 heavy (non-hydrogen) atoms. The van der Waals surface area contributed by atoms with Gasteiger partial charge in [0, 0.05) is 24.7 Å². The van der Waals surface area contributed by atoms with Crippen LogP contribution >= 0.6 is 15.9 Å². The summed E-state index contributed by atoms with van der Waals surface area (Å²) in [6.07, 6.45) is 1.54. The van der Waals surface area contributed by atoms with Gasteiger partial charge < -0.3 is 5.11 Å². The van der Waals surface area contributed by atoms with Gasteiger partial charge in [-0.1, -0.05) is 12.1 Å². The number of benzene rings is 1. The lowest BCUT2D eigenvalue weighted by Crippen LogP contribution is -2.43. The van der Waals surface area contributed by atoms with Gasteiger partial charge in [0.15, 0.2) is 0 Å². The molecule has 1 aliphatic rings. The van der Waals surface area contributed by atoms with Crippen LogP contribution < -0.4 is 0 Å². The van der Waals surface area contributed by atoms with Crippen LogP contribution in [0.1, 0.15) is 25.3 Å². The van der Waals surface area contributed by atoms with Crippen LogP contribution in [0.25, 0.3) is 0 Å². The van der Waals surface area contributed by atoms with Crippen LogP contribution in [0.15, 0.2) is 22.7 Å². The molecule has 1 saturated heterocycles. The Hall–Kier alpha value is -0.940. The lowest BCUT2D eigenvalue weighted by molar-refractivity contribution is -0.144. The van der Waals surface area contributed by atoms with Gasteiger partial charge in [-0.05, 0) is 41.8 Å². The maximum absolute atomic E-state index is 13.9. The number of hydrogen-bond acceptors (Lipinski definition) is 2. The molecule has 2 rings (SSSR count). The Morgan fingerprint density at radius 1 is 1.53 bits per heavy atom. The monoisotopic (exact) mass is 329 g/mol. The molecule has 2 unspecified atom stereocenters. The molecule has 0 amide bonds. The number of aliphatic carboxylic acids is 1. The van der Waals surface area contributed by atoms with Crippen LogP contribution in [-0.2, 0) is 11.3 Å². The first-order valence-electron chi connectivity index (χ1n) is 6.38. The molecular formula is C14H17BrFNO2. The largest absolute Gasteiger partial charge is 0.481 e. The SMILES string of the molecule is CC1CCC(C(=O)O)CN1Cc1cccc(Br)c1F. The quantitative estimate of drug-likeness (QED) is 0.925. The van der Waals surface area contributed by atoms with Crippen molar-refractivity contribution in [2.45, 2.75) is 32.4 Å². The second-order valence-electron chi connectivity index (χ2n) is 5.10. The maximum atomic E-state index is 13.9. The number of nitrogens with zero attached hydrogens (tertiary/aromatic N) is 1. The van der Waals surface area contributed by atoms with Crippen molar-refractivity contribution >= 4 is 21.9 Å². The van der Waals surface area contributed by atoms with Crippen molar-refractivity contribution in [2.75, 3.05) is 6.54 Å². The van der Waals surface area contributed by atoms with Crippen LogP contribution in [0.3, 0.4) is 0 Å². The van der Waals surface area contributed by atoms with Crippen LogP contribution in [0.2, 0.25) is 0 Å². The number of halogens is 2. The average Bonchev–Trinajstić information content (AvgIpc) is 2.37. The smallest absolute Gasteiger partial charge is 0.307 e. The Labute approximate surface area is 120 Å². The number of carboxylic acid groups (broad SMARTS) is 1. The number of hydrogen-bond donors (Lipinski definition) is 1. The molecule has 0 bridgehead atoms. The van der Waals surface area contributed by atoms with E-state index in [0.717, 1.165) is 6.42 Å². The maximum Gasteiger partial charge on any atom is 0.307 e. The summed E-state index contributed by atoms with van der Waals surface area (Å²) in [5.41, 5.74) is 0.604. The van der Waals surface area contributed by atoms with Gasteiger partial charge >= 0.3 is 5.97 Å². The molecule has 0 aliphatic carbocycles. The minimum atomic E-state index is -0.758. The van der Waals surface area contributed by atoms with E-state index in [4.69, 9.17) is 5.11 Å². The van der Waals surface area contributed by atoms with E-state index in [9.17, 15) is 9.18 Å². The molecule has 3 nitrogen and oxygen atoms in total. The van der Waals surface area contributed by atoms with Crippen molar-refractivity contribution in [2.24, 2.45) is 5.92 Å². The summed E-state index contributed by atoms with van der Waals surface area (Å²) < 4.78 is 14.4. The molecule has 0 radical (unpaired) electrons. The number of likely N-dealkylation sites (tertiary alicyclic amines) is 1. The lowest BCUT2D eigenvalue weighted by atomic mass is 9.93. The molecule has 0 saturated carbocycles. The normalized spacial score (nSPS) is 24.4. The highest BCUT2D eigenvalue weighted by atomic mass is 79.9. The first-order chi connectivity index (χ1) is 8.99. The molecule has 1 aromatic rings. The van der Waals surface area contributed by atoms with Crippen molar-refractivity contribution < 1.29 is 14.3 Å².